The van der Waals surface area contributed by atoms with Gasteiger partial charge in [0.25, 0.3) is 0 Å². The van der Waals surface area contributed by atoms with Crippen LogP contribution in [0, 0.1) is 5.92 Å². The molecule has 2 N–H and O–H groups in total. The molecule has 0 aliphatic carbocycles. The van der Waals surface area contributed by atoms with Crippen LogP contribution >= 0.6 is 23.8 Å². The Bertz CT molecular complexity index is 939. The molecule has 1 fully saturated rings. The highest BCUT2D eigenvalue weighted by atomic mass is 35.5. The highest BCUT2D eigenvalue weighted by Gasteiger charge is 2.58. The summed E-state index contributed by atoms with van der Waals surface area (Å²) in [6, 6.07) is 14.5. The molecule has 2 aromatic carbocycles. The van der Waals surface area contributed by atoms with E-state index in [1.807, 2.05) is 36.1 Å². The van der Waals surface area contributed by atoms with Gasteiger partial charge in [0.2, 0.25) is 5.91 Å². The van der Waals surface area contributed by atoms with Crippen molar-refractivity contribution < 1.29 is 14.3 Å². The number of ether oxygens (including phenoxy) is 2. The van der Waals surface area contributed by atoms with Gasteiger partial charge < -0.3 is 25.0 Å². The molecule has 2 aliphatic heterocycles. The summed E-state index contributed by atoms with van der Waals surface area (Å²) in [5.74, 6) is 0.0383. The lowest BCUT2D eigenvalue weighted by Crippen LogP contribution is -2.72. The molecule has 2 heterocycles. The Balaban J connectivity index is 1.73. The second kappa shape index (κ2) is 7.82. The summed E-state index contributed by atoms with van der Waals surface area (Å²) in [6.07, 6.45) is 0. The number of methoxy groups -OCH3 is 1. The largest absolute Gasteiger partial charge is 0.467 e. The maximum absolute atomic E-state index is 13.4. The summed E-state index contributed by atoms with van der Waals surface area (Å²) < 4.78 is 11.7. The van der Waals surface area contributed by atoms with Gasteiger partial charge >= 0.3 is 0 Å². The summed E-state index contributed by atoms with van der Waals surface area (Å²) in [7, 11) is 1.63. The number of thiocarbonyl (C=S) groups is 1. The van der Waals surface area contributed by atoms with E-state index in [4.69, 9.17) is 33.3 Å². The zero-order valence-corrected chi connectivity index (χ0v) is 17.7. The van der Waals surface area contributed by atoms with E-state index in [2.05, 4.69) is 10.6 Å². The van der Waals surface area contributed by atoms with Crippen LogP contribution in [-0.4, -0.2) is 41.9 Å². The fourth-order valence-corrected chi connectivity index (χ4v) is 4.58. The third kappa shape index (κ3) is 3.54. The van der Waals surface area contributed by atoms with Crippen molar-refractivity contribution in [3.05, 3.63) is 59.1 Å². The predicted octanol–water partition coefficient (Wildman–Crippen LogP) is 3.58. The molecule has 152 valence electrons. The first-order valence-corrected chi connectivity index (χ1v) is 10.1. The lowest BCUT2D eigenvalue weighted by Gasteiger charge is -2.56. The molecule has 2 aromatic rings. The van der Waals surface area contributed by atoms with Gasteiger partial charge in [-0.25, -0.2) is 0 Å². The molecule has 1 amide bonds. The fourth-order valence-electron chi connectivity index (χ4n) is 4.06. The molecule has 4 rings (SSSR count). The summed E-state index contributed by atoms with van der Waals surface area (Å²) in [5, 5.41) is 7.50. The molecule has 0 unspecified atom stereocenters. The first-order chi connectivity index (χ1) is 13.9. The van der Waals surface area contributed by atoms with Crippen LogP contribution in [0.15, 0.2) is 48.5 Å². The second-order valence-corrected chi connectivity index (χ2v) is 8.06. The van der Waals surface area contributed by atoms with E-state index < -0.39 is 11.6 Å². The molecule has 0 radical (unpaired) electrons. The minimum absolute atomic E-state index is 0.160. The summed E-state index contributed by atoms with van der Waals surface area (Å²) in [6.45, 7) is 2.86. The lowest BCUT2D eigenvalue weighted by molar-refractivity contribution is -0.150. The maximum atomic E-state index is 13.4. The molecular formula is C21H22ClN3O3S. The number of carbonyl (C=O) groups excluding carboxylic acids is 1. The molecule has 0 saturated carbocycles. The number of hydrogen-bond acceptors (Lipinski definition) is 4. The van der Waals surface area contributed by atoms with Crippen molar-refractivity contribution in [1.82, 2.24) is 10.2 Å². The van der Waals surface area contributed by atoms with Gasteiger partial charge in [-0.15, -0.1) is 0 Å². The summed E-state index contributed by atoms with van der Waals surface area (Å²) >= 11 is 11.6. The SMILES string of the molecule is COCCN1C(=S)N[C@@H]2c3ccccc3O[C@@]1(C)[C@H]2C(=O)Nc1ccc(Cl)cc1. The number of anilines is 1. The van der Waals surface area contributed by atoms with Gasteiger partial charge in [0.15, 0.2) is 10.8 Å². The van der Waals surface area contributed by atoms with Gasteiger partial charge in [0, 0.05) is 29.9 Å². The molecule has 0 aromatic heterocycles. The lowest BCUT2D eigenvalue weighted by atomic mass is 9.79. The van der Waals surface area contributed by atoms with E-state index >= 15 is 0 Å². The van der Waals surface area contributed by atoms with Crippen LogP contribution in [0.2, 0.25) is 5.02 Å². The average Bonchev–Trinajstić information content (AvgIpc) is 2.69. The highest BCUT2D eigenvalue weighted by Crippen LogP contribution is 2.48. The molecule has 29 heavy (non-hydrogen) atoms. The molecule has 3 atom stereocenters. The van der Waals surface area contributed by atoms with Gasteiger partial charge in [-0.3, -0.25) is 4.79 Å². The first-order valence-electron chi connectivity index (χ1n) is 9.35. The number of amides is 1. The predicted molar refractivity (Wildman–Crippen MR) is 116 cm³/mol. The minimum atomic E-state index is -0.962. The molecule has 1 saturated heterocycles. The van der Waals surface area contributed by atoms with Crippen LogP contribution in [0.4, 0.5) is 5.69 Å². The number of hydrogen-bond donors (Lipinski definition) is 2. The van der Waals surface area contributed by atoms with Gasteiger partial charge in [-0.2, -0.15) is 0 Å². The number of para-hydroxylation sites is 1. The van der Waals surface area contributed by atoms with E-state index in [1.165, 1.54) is 0 Å². The van der Waals surface area contributed by atoms with Gasteiger partial charge in [-0.1, -0.05) is 29.8 Å². The number of halogens is 1. The normalized spacial score (nSPS) is 24.9. The van der Waals surface area contributed by atoms with Crippen molar-refractivity contribution in [2.24, 2.45) is 5.92 Å². The van der Waals surface area contributed by atoms with Crippen LogP contribution in [0.25, 0.3) is 0 Å². The Labute approximate surface area is 180 Å². The standard InChI is InChI=1S/C21H22ClN3O3S/c1-21-17(19(26)23-14-9-7-13(22)8-10-14)18(15-5-3-4-6-16(15)28-21)24-20(29)25(21)11-12-27-2/h3-10,17-18H,11-12H2,1-2H3,(H,23,26)(H,24,29)/t17-,18-,21+/m1/s1. The number of carbonyl (C=O) groups is 1. The third-order valence-electron chi connectivity index (χ3n) is 5.45. The Morgan fingerprint density at radius 2 is 2.03 bits per heavy atom. The van der Waals surface area contributed by atoms with E-state index in [0.717, 1.165) is 11.3 Å². The van der Waals surface area contributed by atoms with Crippen LogP contribution in [0.3, 0.4) is 0 Å². The highest BCUT2D eigenvalue weighted by molar-refractivity contribution is 7.80. The van der Waals surface area contributed by atoms with Crippen molar-refractivity contribution >= 4 is 40.5 Å². The molecular weight excluding hydrogens is 410 g/mol. The minimum Gasteiger partial charge on any atom is -0.467 e. The number of rotatable bonds is 5. The van der Waals surface area contributed by atoms with E-state index in [0.29, 0.717) is 29.0 Å². The molecule has 0 spiro atoms. The summed E-state index contributed by atoms with van der Waals surface area (Å²) in [5.41, 5.74) is 0.622. The van der Waals surface area contributed by atoms with Crippen LogP contribution < -0.4 is 15.4 Å². The molecule has 2 bridgehead atoms. The number of nitrogens with zero attached hydrogens (tertiary/aromatic N) is 1. The van der Waals surface area contributed by atoms with E-state index in [-0.39, 0.29) is 11.9 Å². The second-order valence-electron chi connectivity index (χ2n) is 7.24. The topological polar surface area (TPSA) is 62.8 Å². The third-order valence-corrected chi connectivity index (χ3v) is 6.04. The number of benzene rings is 2. The Morgan fingerprint density at radius 1 is 1.31 bits per heavy atom. The Kier molecular flexibility index (Phi) is 5.38. The van der Waals surface area contributed by atoms with Gasteiger partial charge in [0.1, 0.15) is 11.7 Å². The summed E-state index contributed by atoms with van der Waals surface area (Å²) in [4.78, 5) is 15.3. The van der Waals surface area contributed by atoms with Crippen molar-refractivity contribution in [2.45, 2.75) is 18.7 Å². The average molecular weight is 432 g/mol. The van der Waals surface area contributed by atoms with Crippen LogP contribution in [0.1, 0.15) is 18.5 Å². The molecule has 2 aliphatic rings. The Morgan fingerprint density at radius 3 is 2.76 bits per heavy atom. The van der Waals surface area contributed by atoms with Crippen molar-refractivity contribution in [2.75, 3.05) is 25.6 Å². The molecule has 8 heteroatoms. The fraction of sp³-hybridized carbons (Fsp3) is 0.333. The number of fused-ring (bicyclic) bond motifs is 4. The zero-order valence-electron chi connectivity index (χ0n) is 16.1. The monoisotopic (exact) mass is 431 g/mol. The zero-order chi connectivity index (χ0) is 20.6. The van der Waals surface area contributed by atoms with Gasteiger partial charge in [-0.05, 0) is 49.5 Å². The quantitative estimate of drug-likeness (QED) is 0.705. The number of nitrogens with one attached hydrogen (secondary N) is 2. The Hall–Kier alpha value is -2.35. The smallest absolute Gasteiger partial charge is 0.236 e. The first kappa shape index (κ1) is 19.9. The van der Waals surface area contributed by atoms with Crippen LogP contribution in [0.5, 0.6) is 5.75 Å². The van der Waals surface area contributed by atoms with E-state index in [1.54, 1.807) is 31.4 Å². The molecule has 6 nitrogen and oxygen atoms in total. The van der Waals surface area contributed by atoms with Crippen molar-refractivity contribution in [3.8, 4) is 5.75 Å². The van der Waals surface area contributed by atoms with Crippen molar-refractivity contribution in [1.29, 1.82) is 0 Å². The van der Waals surface area contributed by atoms with E-state index in [9.17, 15) is 4.79 Å². The maximum Gasteiger partial charge on any atom is 0.236 e. The van der Waals surface area contributed by atoms with Crippen molar-refractivity contribution in [3.63, 3.8) is 0 Å². The van der Waals surface area contributed by atoms with Gasteiger partial charge in [0.05, 0.1) is 12.6 Å². The van der Waals surface area contributed by atoms with Crippen LogP contribution in [-0.2, 0) is 9.53 Å².